The number of fused-ring (bicyclic) bond motifs is 1. The van der Waals surface area contributed by atoms with Gasteiger partial charge in [0.2, 0.25) is 5.95 Å². The van der Waals surface area contributed by atoms with Gasteiger partial charge in [-0.15, -0.1) is 13.2 Å². The van der Waals surface area contributed by atoms with Crippen molar-refractivity contribution in [1.82, 2.24) is 9.55 Å². The van der Waals surface area contributed by atoms with Crippen LogP contribution >= 0.6 is 11.9 Å². The number of benzene rings is 3. The zero-order chi connectivity index (χ0) is 27.8. The number of imidazole rings is 1. The van der Waals surface area contributed by atoms with Gasteiger partial charge in [0.15, 0.2) is 0 Å². The van der Waals surface area contributed by atoms with Crippen molar-refractivity contribution in [1.29, 1.82) is 0 Å². The molecule has 39 heavy (non-hydrogen) atoms. The first-order valence-electron chi connectivity index (χ1n) is 12.8. The van der Waals surface area contributed by atoms with Crippen molar-refractivity contribution >= 4 is 40.3 Å². The Kier molecular flexibility index (Phi) is 7.41. The van der Waals surface area contributed by atoms with E-state index in [0.29, 0.717) is 22.4 Å². The van der Waals surface area contributed by atoms with E-state index in [1.807, 2.05) is 18.2 Å². The van der Waals surface area contributed by atoms with Gasteiger partial charge in [0.1, 0.15) is 11.6 Å². The predicted molar refractivity (Wildman–Crippen MR) is 148 cm³/mol. The van der Waals surface area contributed by atoms with Gasteiger partial charge in [0.25, 0.3) is 0 Å². The van der Waals surface area contributed by atoms with E-state index in [2.05, 4.69) is 40.1 Å². The number of nitrogens with zero attached hydrogens (tertiary/aromatic N) is 2. The van der Waals surface area contributed by atoms with Gasteiger partial charge in [-0.05, 0) is 97.1 Å². The molecule has 1 aromatic heterocycles. The molecule has 0 aliphatic heterocycles. The van der Waals surface area contributed by atoms with Crippen LogP contribution in [0.3, 0.4) is 0 Å². The van der Waals surface area contributed by atoms with E-state index < -0.39 is 6.36 Å². The maximum absolute atomic E-state index is 14.1. The summed E-state index contributed by atoms with van der Waals surface area (Å²) in [4.78, 5) is 5.38. The second-order valence-corrected chi connectivity index (χ2v) is 11.8. The molecule has 1 heterocycles. The first-order chi connectivity index (χ1) is 18.5. The summed E-state index contributed by atoms with van der Waals surface area (Å²) in [5.74, 6) is 0.560. The molecule has 0 unspecified atom stereocenters. The van der Waals surface area contributed by atoms with Crippen LogP contribution in [0.25, 0.3) is 11.0 Å². The normalized spacial score (nSPS) is 19.2. The summed E-state index contributed by atoms with van der Waals surface area (Å²) in [7, 11) is 0. The minimum absolute atomic E-state index is 0.157. The van der Waals surface area contributed by atoms with Crippen LogP contribution in [0, 0.1) is 17.2 Å². The molecule has 2 N–H and O–H groups in total. The molecule has 0 spiro atoms. The average Bonchev–Trinajstić information content (AvgIpc) is 3.19. The fourth-order valence-corrected chi connectivity index (χ4v) is 6.29. The molecule has 10 heteroatoms. The third kappa shape index (κ3) is 6.61. The molecule has 0 saturated heterocycles. The van der Waals surface area contributed by atoms with Gasteiger partial charge in [-0.2, -0.15) is 0 Å². The van der Waals surface area contributed by atoms with Crippen molar-refractivity contribution in [2.75, 3.05) is 10.0 Å². The molecule has 5 rings (SSSR count). The van der Waals surface area contributed by atoms with Gasteiger partial charge < -0.3 is 19.3 Å². The van der Waals surface area contributed by atoms with Gasteiger partial charge in [-0.3, -0.25) is 0 Å². The maximum Gasteiger partial charge on any atom is 0.573 e. The standard InChI is InChI=1S/C29H30F4N4OS/c1-18-14-21(17-28(2,3)16-18)37-25-13-10-20(36-39-26-7-5-4-6-23(26)30)15-24(25)35-27(37)34-19-8-11-22(12-9-19)38-29(31,32)33/h4-13,15,18,21,36H,14,16-17H2,1-3H3,(H,34,35)/t18-,21+/m0/s1. The number of hydrogen-bond donors (Lipinski definition) is 2. The molecule has 3 aromatic carbocycles. The highest BCUT2D eigenvalue weighted by molar-refractivity contribution is 8.00. The number of hydrogen-bond acceptors (Lipinski definition) is 5. The number of ether oxygens (including phenoxy) is 1. The van der Waals surface area contributed by atoms with E-state index in [4.69, 9.17) is 4.98 Å². The first-order valence-corrected chi connectivity index (χ1v) is 13.6. The Hall–Kier alpha value is -3.40. The van der Waals surface area contributed by atoms with Crippen molar-refractivity contribution < 1.29 is 22.3 Å². The fourth-order valence-electron chi connectivity index (χ4n) is 5.62. The molecule has 206 valence electrons. The summed E-state index contributed by atoms with van der Waals surface area (Å²) < 4.78 is 61.2. The maximum atomic E-state index is 14.1. The Morgan fingerprint density at radius 2 is 1.72 bits per heavy atom. The smallest absolute Gasteiger partial charge is 0.406 e. The lowest BCUT2D eigenvalue weighted by molar-refractivity contribution is -0.274. The summed E-state index contributed by atoms with van der Waals surface area (Å²) in [6.45, 7) is 6.83. The molecule has 2 atom stereocenters. The molecule has 0 bridgehead atoms. The van der Waals surface area contributed by atoms with Gasteiger partial charge in [-0.25, -0.2) is 9.37 Å². The van der Waals surface area contributed by atoms with Crippen molar-refractivity contribution in [2.45, 2.75) is 57.3 Å². The second kappa shape index (κ2) is 10.6. The third-order valence-electron chi connectivity index (χ3n) is 6.88. The van der Waals surface area contributed by atoms with Crippen LogP contribution in [0.1, 0.15) is 46.1 Å². The summed E-state index contributed by atoms with van der Waals surface area (Å²) in [5.41, 5.74) is 3.23. The number of alkyl halides is 3. The molecule has 4 aromatic rings. The van der Waals surface area contributed by atoms with Crippen molar-refractivity contribution in [3.63, 3.8) is 0 Å². The second-order valence-electron chi connectivity index (χ2n) is 10.9. The minimum Gasteiger partial charge on any atom is -0.406 e. The Morgan fingerprint density at radius 1 is 1.00 bits per heavy atom. The number of aromatic nitrogens is 2. The van der Waals surface area contributed by atoms with Crippen LogP contribution in [-0.2, 0) is 0 Å². The molecule has 0 radical (unpaired) electrons. The van der Waals surface area contributed by atoms with Gasteiger partial charge >= 0.3 is 6.36 Å². The molecule has 5 nitrogen and oxygen atoms in total. The topological polar surface area (TPSA) is 51.1 Å². The Labute approximate surface area is 229 Å². The lowest BCUT2D eigenvalue weighted by atomic mass is 9.70. The van der Waals surface area contributed by atoms with Crippen molar-refractivity contribution in [3.8, 4) is 5.75 Å². The lowest BCUT2D eigenvalue weighted by Gasteiger charge is -2.40. The van der Waals surface area contributed by atoms with Gasteiger partial charge in [0, 0.05) is 17.4 Å². The van der Waals surface area contributed by atoms with E-state index >= 15 is 0 Å². The first kappa shape index (κ1) is 27.2. The molecule has 1 aliphatic rings. The molecule has 1 aliphatic carbocycles. The molecular weight excluding hydrogens is 528 g/mol. The monoisotopic (exact) mass is 558 g/mol. The van der Waals surface area contributed by atoms with Crippen molar-refractivity contribution in [2.24, 2.45) is 11.3 Å². The minimum atomic E-state index is -4.75. The number of rotatable bonds is 7. The number of anilines is 3. The zero-order valence-corrected chi connectivity index (χ0v) is 22.7. The third-order valence-corrected chi connectivity index (χ3v) is 7.77. The fraction of sp³-hybridized carbons (Fsp3) is 0.345. The van der Waals surface area contributed by atoms with Crippen LogP contribution in [0.2, 0.25) is 0 Å². The molecule has 1 saturated carbocycles. The van der Waals surface area contributed by atoms with E-state index in [0.717, 1.165) is 36.0 Å². The van der Waals surface area contributed by atoms with E-state index in [-0.39, 0.29) is 23.0 Å². The van der Waals surface area contributed by atoms with Crippen LogP contribution < -0.4 is 14.8 Å². The van der Waals surface area contributed by atoms with Gasteiger partial charge in [-0.1, -0.05) is 32.9 Å². The molecular formula is C29H30F4N4OS. The molecule has 0 amide bonds. The van der Waals surface area contributed by atoms with Crippen LogP contribution in [0.15, 0.2) is 71.6 Å². The SMILES string of the molecule is C[C@H]1C[C@@H](n2c(Nc3ccc(OC(F)(F)F)cc3)nc3cc(NSc4ccccc4F)ccc32)CC(C)(C)C1. The summed E-state index contributed by atoms with van der Waals surface area (Å²) >= 11 is 1.19. The summed E-state index contributed by atoms with van der Waals surface area (Å²) in [6.07, 6.45) is -1.64. The van der Waals surface area contributed by atoms with Crippen LogP contribution in [0.5, 0.6) is 5.75 Å². The van der Waals surface area contributed by atoms with E-state index in [1.165, 1.54) is 42.3 Å². The van der Waals surface area contributed by atoms with Crippen LogP contribution in [-0.4, -0.2) is 15.9 Å². The Bertz CT molecular complexity index is 1450. The quantitative estimate of drug-likeness (QED) is 0.175. The predicted octanol–water partition coefficient (Wildman–Crippen LogP) is 9.32. The summed E-state index contributed by atoms with van der Waals surface area (Å²) in [6, 6.07) is 18.2. The highest BCUT2D eigenvalue weighted by atomic mass is 32.2. The largest absolute Gasteiger partial charge is 0.573 e. The summed E-state index contributed by atoms with van der Waals surface area (Å²) in [5, 5.41) is 3.32. The van der Waals surface area contributed by atoms with Crippen LogP contribution in [0.4, 0.5) is 34.9 Å². The van der Waals surface area contributed by atoms with E-state index in [9.17, 15) is 17.6 Å². The lowest BCUT2D eigenvalue weighted by Crippen LogP contribution is -2.29. The Morgan fingerprint density at radius 3 is 2.41 bits per heavy atom. The number of nitrogens with one attached hydrogen (secondary N) is 2. The highest BCUT2D eigenvalue weighted by Crippen LogP contribution is 2.46. The van der Waals surface area contributed by atoms with E-state index in [1.54, 1.807) is 18.2 Å². The van der Waals surface area contributed by atoms with Gasteiger partial charge in [0.05, 0.1) is 15.9 Å². The average molecular weight is 559 g/mol. The number of halogens is 4. The highest BCUT2D eigenvalue weighted by Gasteiger charge is 2.35. The van der Waals surface area contributed by atoms with Crippen molar-refractivity contribution in [3.05, 3.63) is 72.5 Å². The zero-order valence-electron chi connectivity index (χ0n) is 21.8. The molecule has 1 fully saturated rings. The Balaban J connectivity index is 1.47.